The van der Waals surface area contributed by atoms with Crippen LogP contribution in [0.25, 0.3) is 0 Å². The summed E-state index contributed by atoms with van der Waals surface area (Å²) in [6, 6.07) is 10.4. The zero-order valence-corrected chi connectivity index (χ0v) is 20.7. The maximum atomic E-state index is 12.5. The summed E-state index contributed by atoms with van der Waals surface area (Å²) in [6.07, 6.45) is 3.04. The Kier molecular flexibility index (Phi) is 9.88. The molecule has 0 spiro atoms. The summed E-state index contributed by atoms with van der Waals surface area (Å²) in [4.78, 5) is 21.1. The number of para-hydroxylation sites is 1. The zero-order chi connectivity index (χ0) is 19.8. The van der Waals surface area contributed by atoms with Gasteiger partial charge in [0, 0.05) is 63.2 Å². The van der Waals surface area contributed by atoms with Crippen LogP contribution in [0.5, 0.6) is 0 Å². The maximum absolute atomic E-state index is 12.5. The summed E-state index contributed by atoms with van der Waals surface area (Å²) in [5, 5.41) is 6.70. The zero-order valence-electron chi connectivity index (χ0n) is 17.5. The van der Waals surface area contributed by atoms with Gasteiger partial charge < -0.3 is 20.4 Å². The molecular weight excluding hydrogens is 497 g/mol. The van der Waals surface area contributed by atoms with Gasteiger partial charge in [-0.15, -0.1) is 24.0 Å². The molecule has 2 fully saturated rings. The Hall–Kier alpha value is -1.16. The van der Waals surface area contributed by atoms with E-state index < -0.39 is 0 Å². The minimum absolute atomic E-state index is 0. The summed E-state index contributed by atoms with van der Waals surface area (Å²) >= 11 is 2.03. The molecule has 2 aliphatic rings. The van der Waals surface area contributed by atoms with Gasteiger partial charge in [0.2, 0.25) is 5.91 Å². The number of piperazine rings is 1. The van der Waals surface area contributed by atoms with Crippen LogP contribution in [-0.2, 0) is 4.79 Å². The maximum Gasteiger partial charge on any atom is 0.224 e. The van der Waals surface area contributed by atoms with Gasteiger partial charge in [-0.1, -0.05) is 18.2 Å². The number of nitrogens with zero attached hydrogens (tertiary/aromatic N) is 3. The number of anilines is 1. The first-order valence-corrected chi connectivity index (χ1v) is 11.2. The van der Waals surface area contributed by atoms with Crippen molar-refractivity contribution in [3.8, 4) is 0 Å². The van der Waals surface area contributed by atoms with E-state index >= 15 is 0 Å². The second-order valence-electron chi connectivity index (χ2n) is 7.71. The number of thioether (sulfide) groups is 1. The lowest BCUT2D eigenvalue weighted by molar-refractivity contribution is -0.131. The van der Waals surface area contributed by atoms with Crippen LogP contribution >= 0.6 is 35.7 Å². The molecular formula is C21H34IN5OS. The molecule has 1 atom stereocenters. The van der Waals surface area contributed by atoms with E-state index in [0.717, 1.165) is 38.7 Å². The van der Waals surface area contributed by atoms with Crippen molar-refractivity contribution in [2.24, 2.45) is 4.99 Å². The number of carbonyl (C=O) groups is 1. The molecule has 29 heavy (non-hydrogen) atoms. The Morgan fingerprint density at radius 1 is 1.17 bits per heavy atom. The van der Waals surface area contributed by atoms with Gasteiger partial charge in [0.15, 0.2) is 5.96 Å². The predicted molar refractivity (Wildman–Crippen MR) is 135 cm³/mol. The van der Waals surface area contributed by atoms with Crippen molar-refractivity contribution in [2.75, 3.05) is 57.0 Å². The highest BCUT2D eigenvalue weighted by atomic mass is 127. The molecule has 2 N–H and O–H groups in total. The predicted octanol–water partition coefficient (Wildman–Crippen LogP) is 2.79. The van der Waals surface area contributed by atoms with Gasteiger partial charge in [0.1, 0.15) is 0 Å². The Morgan fingerprint density at radius 3 is 2.52 bits per heavy atom. The van der Waals surface area contributed by atoms with Gasteiger partial charge in [0.25, 0.3) is 0 Å². The molecule has 162 valence electrons. The normalized spacial score (nSPS) is 22.2. The second-order valence-corrected chi connectivity index (χ2v) is 9.39. The third kappa shape index (κ3) is 7.24. The molecule has 2 heterocycles. The second kappa shape index (κ2) is 11.9. The molecule has 1 unspecified atom stereocenters. The van der Waals surface area contributed by atoms with Crippen LogP contribution in [-0.4, -0.2) is 73.6 Å². The lowest BCUT2D eigenvalue weighted by Gasteiger charge is -2.36. The number of nitrogens with one attached hydrogen (secondary N) is 2. The van der Waals surface area contributed by atoms with E-state index in [1.807, 2.05) is 22.7 Å². The number of guanidine groups is 1. The van der Waals surface area contributed by atoms with Gasteiger partial charge in [-0.05, 0) is 37.7 Å². The van der Waals surface area contributed by atoms with E-state index in [9.17, 15) is 4.79 Å². The number of hydrogen-bond acceptors (Lipinski definition) is 4. The summed E-state index contributed by atoms with van der Waals surface area (Å²) < 4.78 is 0.297. The lowest BCUT2D eigenvalue weighted by atomic mass is 10.1. The van der Waals surface area contributed by atoms with Crippen LogP contribution in [0.4, 0.5) is 5.69 Å². The third-order valence-electron chi connectivity index (χ3n) is 5.54. The molecule has 1 amide bonds. The molecule has 0 aliphatic carbocycles. The average molecular weight is 532 g/mol. The first-order valence-electron chi connectivity index (χ1n) is 10.3. The SMILES string of the molecule is CN=C(NCCC(=O)N1CCN(c2ccccc2)CC1)NCC1(C)CCCS1.I. The summed E-state index contributed by atoms with van der Waals surface area (Å²) in [5.41, 5.74) is 1.24. The molecule has 0 bridgehead atoms. The van der Waals surface area contributed by atoms with Crippen molar-refractivity contribution in [1.82, 2.24) is 15.5 Å². The van der Waals surface area contributed by atoms with Crippen LogP contribution in [0, 0.1) is 0 Å². The molecule has 1 aromatic carbocycles. The highest BCUT2D eigenvalue weighted by molar-refractivity contribution is 14.0. The number of carbonyl (C=O) groups excluding carboxylic acids is 1. The Bertz CT molecular complexity index is 658. The van der Waals surface area contributed by atoms with Gasteiger partial charge >= 0.3 is 0 Å². The fraction of sp³-hybridized carbons (Fsp3) is 0.619. The molecule has 2 saturated heterocycles. The Labute approximate surface area is 196 Å². The van der Waals surface area contributed by atoms with E-state index in [2.05, 4.69) is 51.7 Å². The monoisotopic (exact) mass is 531 g/mol. The number of rotatable bonds is 6. The number of aliphatic imine (C=N–C) groups is 1. The largest absolute Gasteiger partial charge is 0.368 e. The summed E-state index contributed by atoms with van der Waals surface area (Å²) in [5.74, 6) is 2.25. The standard InChI is InChI=1S/C21H33N5OS.HI/c1-21(10-6-16-28-21)17-24-20(22-2)23-11-9-19(27)26-14-12-25(13-15-26)18-7-4-3-5-8-18;/h3-5,7-8H,6,9-17H2,1-2H3,(H2,22,23,24);1H. The van der Waals surface area contributed by atoms with Gasteiger partial charge in [-0.3, -0.25) is 9.79 Å². The number of benzene rings is 1. The smallest absolute Gasteiger partial charge is 0.224 e. The van der Waals surface area contributed by atoms with Gasteiger partial charge in [-0.25, -0.2) is 0 Å². The van der Waals surface area contributed by atoms with Crippen molar-refractivity contribution < 1.29 is 4.79 Å². The fourth-order valence-electron chi connectivity index (χ4n) is 3.77. The van der Waals surface area contributed by atoms with E-state index in [-0.39, 0.29) is 29.9 Å². The number of halogens is 1. The first kappa shape index (κ1) is 24.1. The highest BCUT2D eigenvalue weighted by Gasteiger charge is 2.29. The molecule has 1 aromatic rings. The molecule has 8 heteroatoms. The molecule has 3 rings (SSSR count). The Balaban J connectivity index is 0.00000300. The quantitative estimate of drug-likeness (QED) is 0.336. The minimum atomic E-state index is 0. The van der Waals surface area contributed by atoms with Crippen molar-refractivity contribution in [2.45, 2.75) is 30.9 Å². The molecule has 2 aliphatic heterocycles. The lowest BCUT2D eigenvalue weighted by Crippen LogP contribution is -2.49. The van der Waals surface area contributed by atoms with E-state index in [1.54, 1.807) is 7.05 Å². The molecule has 0 saturated carbocycles. The molecule has 0 aromatic heterocycles. The topological polar surface area (TPSA) is 60.0 Å². The van der Waals surface area contributed by atoms with Crippen LogP contribution < -0.4 is 15.5 Å². The Morgan fingerprint density at radius 2 is 1.90 bits per heavy atom. The minimum Gasteiger partial charge on any atom is -0.368 e. The van der Waals surface area contributed by atoms with Crippen molar-refractivity contribution >= 4 is 53.3 Å². The van der Waals surface area contributed by atoms with Crippen molar-refractivity contribution in [3.63, 3.8) is 0 Å². The summed E-state index contributed by atoms with van der Waals surface area (Å²) in [7, 11) is 1.78. The van der Waals surface area contributed by atoms with Gasteiger partial charge in [0.05, 0.1) is 0 Å². The van der Waals surface area contributed by atoms with E-state index in [1.165, 1.54) is 24.3 Å². The van der Waals surface area contributed by atoms with Gasteiger partial charge in [-0.2, -0.15) is 11.8 Å². The third-order valence-corrected chi connectivity index (χ3v) is 7.08. The van der Waals surface area contributed by atoms with Crippen LogP contribution in [0.1, 0.15) is 26.2 Å². The highest BCUT2D eigenvalue weighted by Crippen LogP contribution is 2.36. The number of hydrogen-bond donors (Lipinski definition) is 2. The first-order chi connectivity index (χ1) is 13.6. The van der Waals surface area contributed by atoms with Crippen molar-refractivity contribution in [1.29, 1.82) is 0 Å². The average Bonchev–Trinajstić information content (AvgIpc) is 3.18. The van der Waals surface area contributed by atoms with Crippen LogP contribution in [0.2, 0.25) is 0 Å². The molecule has 0 radical (unpaired) electrons. The van der Waals surface area contributed by atoms with Crippen LogP contribution in [0.3, 0.4) is 0 Å². The van der Waals surface area contributed by atoms with Crippen LogP contribution in [0.15, 0.2) is 35.3 Å². The van der Waals surface area contributed by atoms with E-state index in [4.69, 9.17) is 0 Å². The summed E-state index contributed by atoms with van der Waals surface area (Å²) in [6.45, 7) is 7.19. The fourth-order valence-corrected chi connectivity index (χ4v) is 5.01. The van der Waals surface area contributed by atoms with Crippen molar-refractivity contribution in [3.05, 3.63) is 30.3 Å². The van der Waals surface area contributed by atoms with E-state index in [0.29, 0.717) is 17.7 Å². The molecule has 6 nitrogen and oxygen atoms in total. The number of amides is 1.